The van der Waals surface area contributed by atoms with Crippen LogP contribution in [0.15, 0.2) is 35.9 Å². The molecule has 162 valence electrons. The summed E-state index contributed by atoms with van der Waals surface area (Å²) in [5, 5.41) is 2.54. The van der Waals surface area contributed by atoms with Crippen LogP contribution < -0.4 is 5.32 Å². The molecule has 1 amide bonds. The van der Waals surface area contributed by atoms with Gasteiger partial charge in [0.25, 0.3) is 0 Å². The number of nitrogens with one attached hydrogen (secondary N) is 1. The SMILES string of the molecule is CCOC(=O)NC(/C(C)=C(\C(=O)OCC)c1ccccc1)P(=O)(OCC)OCC. The van der Waals surface area contributed by atoms with Crippen LogP contribution in [0.5, 0.6) is 0 Å². The van der Waals surface area contributed by atoms with Crippen molar-refractivity contribution in [2.24, 2.45) is 0 Å². The average Bonchev–Trinajstić information content (AvgIpc) is 2.68. The zero-order chi connectivity index (χ0) is 21.9. The first-order chi connectivity index (χ1) is 13.8. The minimum atomic E-state index is -3.87. The zero-order valence-electron chi connectivity index (χ0n) is 17.6. The van der Waals surface area contributed by atoms with Gasteiger partial charge in [-0.25, -0.2) is 9.59 Å². The topological polar surface area (TPSA) is 100 Å². The fraction of sp³-hybridized carbons (Fsp3) is 0.500. The van der Waals surface area contributed by atoms with Gasteiger partial charge in [0.2, 0.25) is 0 Å². The Labute approximate surface area is 172 Å². The number of amides is 1. The van der Waals surface area contributed by atoms with Gasteiger partial charge in [0.1, 0.15) is 0 Å². The second kappa shape index (κ2) is 12.4. The number of carbonyl (C=O) groups is 2. The Hall–Kier alpha value is -2.15. The first-order valence-corrected chi connectivity index (χ1v) is 11.2. The molecular weight excluding hydrogens is 397 g/mol. The first-order valence-electron chi connectivity index (χ1n) is 9.59. The summed E-state index contributed by atoms with van der Waals surface area (Å²) in [6, 6.07) is 8.79. The largest absolute Gasteiger partial charge is 0.462 e. The molecule has 1 rings (SSSR count). The highest BCUT2D eigenvalue weighted by Crippen LogP contribution is 2.55. The minimum absolute atomic E-state index is 0.0889. The van der Waals surface area contributed by atoms with Crippen LogP contribution in [0.4, 0.5) is 4.79 Å². The fourth-order valence-electron chi connectivity index (χ4n) is 2.71. The number of alkyl carbamates (subject to hydrolysis) is 1. The normalized spacial score (nSPS) is 13.3. The van der Waals surface area contributed by atoms with E-state index in [2.05, 4.69) is 5.32 Å². The molecule has 1 unspecified atom stereocenters. The van der Waals surface area contributed by atoms with E-state index in [9.17, 15) is 14.2 Å². The summed E-state index contributed by atoms with van der Waals surface area (Å²) in [4.78, 5) is 24.9. The molecule has 0 spiro atoms. The Morgan fingerprint density at radius 1 is 0.931 bits per heavy atom. The van der Waals surface area contributed by atoms with Crippen LogP contribution in [-0.4, -0.2) is 44.3 Å². The Bertz CT molecular complexity index is 738. The highest BCUT2D eigenvalue weighted by Gasteiger charge is 2.40. The molecule has 8 nitrogen and oxygen atoms in total. The van der Waals surface area contributed by atoms with Crippen LogP contribution in [0.25, 0.3) is 5.57 Å². The van der Waals surface area contributed by atoms with Gasteiger partial charge in [0, 0.05) is 0 Å². The Morgan fingerprint density at radius 3 is 1.97 bits per heavy atom. The van der Waals surface area contributed by atoms with Gasteiger partial charge in [-0.15, -0.1) is 0 Å². The van der Waals surface area contributed by atoms with Gasteiger partial charge in [0.05, 0.1) is 32.0 Å². The summed E-state index contributed by atoms with van der Waals surface area (Å²) in [5.74, 6) is -1.84. The molecule has 0 aromatic heterocycles. The van der Waals surface area contributed by atoms with E-state index in [-0.39, 0.29) is 37.6 Å². The lowest BCUT2D eigenvalue weighted by Crippen LogP contribution is -2.38. The van der Waals surface area contributed by atoms with Crippen LogP contribution in [0, 0.1) is 0 Å². The molecule has 1 aromatic rings. The van der Waals surface area contributed by atoms with Crippen molar-refractivity contribution in [2.45, 2.75) is 40.4 Å². The van der Waals surface area contributed by atoms with Crippen LogP contribution >= 0.6 is 7.60 Å². The standard InChI is InChI=1S/C20H30NO7P/c1-6-25-19(22)17(16-13-11-10-12-14-16)15(5)18(21-20(23)26-7-2)29(24,27-8-3)28-9-4/h10-14,18H,6-9H2,1-5H3,(H,21,23)/b17-15-. The molecule has 0 fully saturated rings. The van der Waals surface area contributed by atoms with Gasteiger partial charge in [-0.3, -0.25) is 4.57 Å². The van der Waals surface area contributed by atoms with Crippen molar-refractivity contribution in [1.29, 1.82) is 0 Å². The van der Waals surface area contributed by atoms with Crippen molar-refractivity contribution in [3.63, 3.8) is 0 Å². The van der Waals surface area contributed by atoms with E-state index in [1.807, 2.05) is 0 Å². The van der Waals surface area contributed by atoms with Crippen molar-refractivity contribution in [3.05, 3.63) is 41.5 Å². The molecule has 0 aliphatic carbocycles. The second-order valence-electron chi connectivity index (χ2n) is 5.79. The van der Waals surface area contributed by atoms with Gasteiger partial charge < -0.3 is 23.8 Å². The molecule has 0 heterocycles. The maximum absolute atomic E-state index is 13.5. The summed E-state index contributed by atoms with van der Waals surface area (Å²) in [6.07, 6.45) is -0.798. The molecule has 1 atom stereocenters. The number of ether oxygens (including phenoxy) is 2. The minimum Gasteiger partial charge on any atom is -0.462 e. The molecule has 0 aliphatic heterocycles. The smallest absolute Gasteiger partial charge is 0.408 e. The second-order valence-corrected chi connectivity index (χ2v) is 7.90. The van der Waals surface area contributed by atoms with Gasteiger partial charge in [-0.1, -0.05) is 30.3 Å². The lowest BCUT2D eigenvalue weighted by Gasteiger charge is -2.28. The maximum atomic E-state index is 13.5. The van der Waals surface area contributed by atoms with Crippen molar-refractivity contribution >= 4 is 25.2 Å². The predicted octanol–water partition coefficient (Wildman–Crippen LogP) is 4.36. The van der Waals surface area contributed by atoms with Crippen LogP contribution in [0.1, 0.15) is 40.2 Å². The van der Waals surface area contributed by atoms with E-state index >= 15 is 0 Å². The van der Waals surface area contributed by atoms with Crippen molar-refractivity contribution in [2.75, 3.05) is 26.4 Å². The number of rotatable bonds is 11. The molecule has 0 aliphatic rings. The summed E-state index contributed by atoms with van der Waals surface area (Å²) in [5.41, 5.74) is 1.01. The van der Waals surface area contributed by atoms with Crippen molar-refractivity contribution < 1.29 is 32.7 Å². The summed E-state index contributed by atoms with van der Waals surface area (Å²) >= 11 is 0. The number of carbonyl (C=O) groups excluding carboxylic acids is 2. The number of esters is 1. The number of hydrogen-bond donors (Lipinski definition) is 1. The van der Waals surface area contributed by atoms with E-state index < -0.39 is 25.4 Å². The zero-order valence-corrected chi connectivity index (χ0v) is 18.5. The average molecular weight is 427 g/mol. The summed E-state index contributed by atoms with van der Waals surface area (Å²) in [6.45, 7) is 8.71. The quantitative estimate of drug-likeness (QED) is 0.318. The molecule has 1 aromatic carbocycles. The lowest BCUT2D eigenvalue weighted by atomic mass is 10.0. The highest BCUT2D eigenvalue weighted by molar-refractivity contribution is 7.55. The molecular formula is C20H30NO7P. The fourth-order valence-corrected chi connectivity index (χ4v) is 4.67. The summed E-state index contributed by atoms with van der Waals surface area (Å²) < 4.78 is 34.5. The third-order valence-electron chi connectivity index (χ3n) is 3.81. The van der Waals surface area contributed by atoms with Crippen LogP contribution in [0.3, 0.4) is 0 Å². The monoisotopic (exact) mass is 427 g/mol. The molecule has 0 radical (unpaired) electrons. The summed E-state index contributed by atoms with van der Waals surface area (Å²) in [7, 11) is -3.87. The molecule has 0 saturated carbocycles. The third-order valence-corrected chi connectivity index (χ3v) is 6.20. The van der Waals surface area contributed by atoms with E-state index in [0.29, 0.717) is 5.56 Å². The molecule has 29 heavy (non-hydrogen) atoms. The Morgan fingerprint density at radius 2 is 1.48 bits per heavy atom. The number of benzene rings is 1. The molecule has 9 heteroatoms. The Kier molecular flexibility index (Phi) is 10.7. The molecule has 0 saturated heterocycles. The first kappa shape index (κ1) is 24.9. The van der Waals surface area contributed by atoms with Gasteiger partial charge in [-0.2, -0.15) is 0 Å². The van der Waals surface area contributed by atoms with E-state index in [1.54, 1.807) is 65.0 Å². The highest BCUT2D eigenvalue weighted by atomic mass is 31.2. The third kappa shape index (κ3) is 6.99. The van der Waals surface area contributed by atoms with Gasteiger partial charge in [0.15, 0.2) is 5.78 Å². The van der Waals surface area contributed by atoms with E-state index in [4.69, 9.17) is 18.5 Å². The van der Waals surface area contributed by atoms with Crippen molar-refractivity contribution in [1.82, 2.24) is 5.32 Å². The van der Waals surface area contributed by atoms with Crippen molar-refractivity contribution in [3.8, 4) is 0 Å². The van der Waals surface area contributed by atoms with Crippen LogP contribution in [0.2, 0.25) is 0 Å². The Balaban J connectivity index is 3.63. The maximum Gasteiger partial charge on any atom is 0.408 e. The lowest BCUT2D eigenvalue weighted by molar-refractivity contribution is -0.136. The van der Waals surface area contributed by atoms with E-state index in [1.165, 1.54) is 0 Å². The molecule has 1 N–H and O–H groups in total. The number of hydrogen-bond acceptors (Lipinski definition) is 7. The van der Waals surface area contributed by atoms with Gasteiger partial charge >= 0.3 is 19.7 Å². The predicted molar refractivity (Wildman–Crippen MR) is 110 cm³/mol. The molecule has 0 bridgehead atoms. The van der Waals surface area contributed by atoms with Crippen LogP contribution in [-0.2, 0) is 27.9 Å². The van der Waals surface area contributed by atoms with Gasteiger partial charge in [-0.05, 0) is 45.8 Å². The van der Waals surface area contributed by atoms with E-state index in [0.717, 1.165) is 0 Å².